The van der Waals surface area contributed by atoms with Crippen LogP contribution in [0.5, 0.6) is 11.5 Å². The Balaban J connectivity index is 2.83. The molecule has 0 atom stereocenters. The maximum Gasteiger partial charge on any atom is 0.163 e. The molecule has 1 aromatic rings. The van der Waals surface area contributed by atoms with Crippen LogP contribution in [-0.4, -0.2) is 18.8 Å². The predicted octanol–water partition coefficient (Wildman–Crippen LogP) is 1.99. The number of benzene rings is 1. The van der Waals surface area contributed by atoms with Crippen molar-refractivity contribution in [2.45, 2.75) is 26.2 Å². The van der Waals surface area contributed by atoms with E-state index in [1.54, 1.807) is 7.11 Å². The van der Waals surface area contributed by atoms with Crippen molar-refractivity contribution in [3.63, 3.8) is 0 Å². The van der Waals surface area contributed by atoms with E-state index in [1.165, 1.54) is 0 Å². The summed E-state index contributed by atoms with van der Waals surface area (Å²) in [5, 5.41) is 9.79. The molecule has 0 aliphatic carbocycles. The Morgan fingerprint density at radius 3 is 2.67 bits per heavy atom. The first kappa shape index (κ1) is 11.9. The van der Waals surface area contributed by atoms with Gasteiger partial charge in [0.2, 0.25) is 0 Å². The smallest absolute Gasteiger partial charge is 0.163 e. The zero-order chi connectivity index (χ0) is 11.3. The number of phenolic OH excluding ortho intramolecular Hbond substituents is 1. The van der Waals surface area contributed by atoms with Gasteiger partial charge in [-0.1, -0.05) is 12.1 Å². The lowest BCUT2D eigenvalue weighted by atomic mass is 10.0. The van der Waals surface area contributed by atoms with Crippen molar-refractivity contribution in [3.8, 4) is 11.5 Å². The first-order chi connectivity index (χ1) is 7.20. The van der Waals surface area contributed by atoms with E-state index in [1.807, 2.05) is 19.1 Å². The Hall–Kier alpha value is -1.22. The summed E-state index contributed by atoms with van der Waals surface area (Å²) in [6.07, 6.45) is 2.92. The van der Waals surface area contributed by atoms with Crippen LogP contribution in [0.15, 0.2) is 12.1 Å². The standard InChI is InChI=1S/C12H19NO2/c1-9-6-7-10(5-3-4-8-13)12(15-2)11(9)14/h6-7,14H,3-5,8,13H2,1-2H3. The van der Waals surface area contributed by atoms with E-state index in [0.29, 0.717) is 12.3 Å². The van der Waals surface area contributed by atoms with Crippen molar-refractivity contribution in [1.82, 2.24) is 0 Å². The van der Waals surface area contributed by atoms with Crippen LogP contribution in [0.25, 0.3) is 0 Å². The van der Waals surface area contributed by atoms with Crippen LogP contribution in [0, 0.1) is 6.92 Å². The second kappa shape index (κ2) is 5.61. The van der Waals surface area contributed by atoms with Gasteiger partial charge >= 0.3 is 0 Å². The monoisotopic (exact) mass is 209 g/mol. The number of rotatable bonds is 5. The van der Waals surface area contributed by atoms with E-state index in [-0.39, 0.29) is 5.75 Å². The van der Waals surface area contributed by atoms with Gasteiger partial charge in [0.1, 0.15) is 0 Å². The molecule has 0 aromatic heterocycles. The highest BCUT2D eigenvalue weighted by atomic mass is 16.5. The fourth-order valence-corrected chi connectivity index (χ4v) is 1.60. The van der Waals surface area contributed by atoms with Crippen molar-refractivity contribution < 1.29 is 9.84 Å². The van der Waals surface area contributed by atoms with Crippen LogP contribution in [0.1, 0.15) is 24.0 Å². The first-order valence-corrected chi connectivity index (χ1v) is 5.26. The zero-order valence-corrected chi connectivity index (χ0v) is 9.42. The molecule has 3 nitrogen and oxygen atoms in total. The number of ether oxygens (including phenoxy) is 1. The summed E-state index contributed by atoms with van der Waals surface area (Å²) in [5.74, 6) is 0.856. The molecule has 1 aromatic carbocycles. The molecule has 0 spiro atoms. The van der Waals surface area contributed by atoms with Crippen molar-refractivity contribution in [2.24, 2.45) is 5.73 Å². The van der Waals surface area contributed by atoms with E-state index >= 15 is 0 Å². The molecule has 0 amide bonds. The Labute approximate surface area is 90.9 Å². The average molecular weight is 209 g/mol. The van der Waals surface area contributed by atoms with E-state index in [9.17, 15) is 5.11 Å². The van der Waals surface area contributed by atoms with Gasteiger partial charge in [-0.05, 0) is 43.9 Å². The summed E-state index contributed by atoms with van der Waals surface area (Å²) in [5.41, 5.74) is 7.33. The molecule has 0 heterocycles. The quantitative estimate of drug-likeness (QED) is 0.729. The summed E-state index contributed by atoms with van der Waals surface area (Å²) in [6, 6.07) is 3.92. The number of aromatic hydroxyl groups is 1. The Bertz CT molecular complexity index is 324. The van der Waals surface area contributed by atoms with Crippen molar-refractivity contribution in [1.29, 1.82) is 0 Å². The Morgan fingerprint density at radius 2 is 2.07 bits per heavy atom. The summed E-state index contributed by atoms with van der Waals surface area (Å²) in [6.45, 7) is 2.57. The number of methoxy groups -OCH3 is 1. The van der Waals surface area contributed by atoms with E-state index in [4.69, 9.17) is 10.5 Å². The molecule has 1 rings (SSSR count). The number of hydrogen-bond donors (Lipinski definition) is 2. The van der Waals surface area contributed by atoms with Crippen LogP contribution < -0.4 is 10.5 Å². The fraction of sp³-hybridized carbons (Fsp3) is 0.500. The third-order valence-corrected chi connectivity index (χ3v) is 2.52. The normalized spacial score (nSPS) is 10.3. The molecule has 3 N–H and O–H groups in total. The lowest BCUT2D eigenvalue weighted by molar-refractivity contribution is 0.367. The Kier molecular flexibility index (Phi) is 4.43. The van der Waals surface area contributed by atoms with Crippen LogP contribution in [-0.2, 0) is 6.42 Å². The van der Waals surface area contributed by atoms with E-state index in [0.717, 1.165) is 30.4 Å². The molecule has 84 valence electrons. The molecule has 0 radical (unpaired) electrons. The summed E-state index contributed by atoms with van der Waals surface area (Å²) in [4.78, 5) is 0. The molecule has 0 unspecified atom stereocenters. The minimum Gasteiger partial charge on any atom is -0.504 e. The second-order valence-electron chi connectivity index (χ2n) is 3.67. The van der Waals surface area contributed by atoms with Crippen molar-refractivity contribution in [3.05, 3.63) is 23.3 Å². The number of hydrogen-bond acceptors (Lipinski definition) is 3. The van der Waals surface area contributed by atoms with E-state index in [2.05, 4.69) is 0 Å². The number of aryl methyl sites for hydroxylation is 2. The van der Waals surface area contributed by atoms with Crippen molar-refractivity contribution >= 4 is 0 Å². The second-order valence-corrected chi connectivity index (χ2v) is 3.67. The predicted molar refractivity (Wildman–Crippen MR) is 61.4 cm³/mol. The summed E-state index contributed by atoms with van der Waals surface area (Å²) >= 11 is 0. The van der Waals surface area contributed by atoms with Gasteiger partial charge in [-0.2, -0.15) is 0 Å². The molecule has 3 heteroatoms. The number of nitrogens with two attached hydrogens (primary N) is 1. The molecule has 0 fully saturated rings. The van der Waals surface area contributed by atoms with Gasteiger partial charge in [-0.3, -0.25) is 0 Å². The Morgan fingerprint density at radius 1 is 1.33 bits per heavy atom. The van der Waals surface area contributed by atoms with Gasteiger partial charge in [-0.15, -0.1) is 0 Å². The van der Waals surface area contributed by atoms with Crippen LogP contribution in [0.3, 0.4) is 0 Å². The average Bonchev–Trinajstić information content (AvgIpc) is 2.24. The molecule has 0 bridgehead atoms. The van der Waals surface area contributed by atoms with Gasteiger partial charge in [0.15, 0.2) is 11.5 Å². The number of phenols is 1. The fourth-order valence-electron chi connectivity index (χ4n) is 1.60. The lowest BCUT2D eigenvalue weighted by Gasteiger charge is -2.11. The van der Waals surface area contributed by atoms with Crippen LogP contribution in [0.2, 0.25) is 0 Å². The summed E-state index contributed by atoms with van der Waals surface area (Å²) < 4.78 is 5.21. The van der Waals surface area contributed by atoms with Gasteiger partial charge < -0.3 is 15.6 Å². The van der Waals surface area contributed by atoms with Crippen molar-refractivity contribution in [2.75, 3.05) is 13.7 Å². The SMILES string of the molecule is COc1c(CCCCN)ccc(C)c1O. The maximum atomic E-state index is 9.79. The minimum absolute atomic E-state index is 0.253. The highest BCUT2D eigenvalue weighted by molar-refractivity contribution is 5.50. The lowest BCUT2D eigenvalue weighted by Crippen LogP contribution is -2.00. The third-order valence-electron chi connectivity index (χ3n) is 2.52. The van der Waals surface area contributed by atoms with Crippen LogP contribution in [0.4, 0.5) is 0 Å². The maximum absolute atomic E-state index is 9.79. The third kappa shape index (κ3) is 2.86. The highest BCUT2D eigenvalue weighted by Crippen LogP contribution is 2.33. The van der Waals surface area contributed by atoms with E-state index < -0.39 is 0 Å². The van der Waals surface area contributed by atoms with Gasteiger partial charge in [0.05, 0.1) is 7.11 Å². The van der Waals surface area contributed by atoms with Gasteiger partial charge in [0.25, 0.3) is 0 Å². The topological polar surface area (TPSA) is 55.5 Å². The molecule has 0 aliphatic heterocycles. The minimum atomic E-state index is 0.253. The summed E-state index contributed by atoms with van der Waals surface area (Å²) in [7, 11) is 1.58. The zero-order valence-electron chi connectivity index (χ0n) is 9.42. The first-order valence-electron chi connectivity index (χ1n) is 5.26. The van der Waals surface area contributed by atoms with Crippen LogP contribution >= 0.6 is 0 Å². The molecule has 0 aliphatic rings. The largest absolute Gasteiger partial charge is 0.504 e. The molecule has 15 heavy (non-hydrogen) atoms. The number of unbranched alkanes of at least 4 members (excludes halogenated alkanes) is 1. The highest BCUT2D eigenvalue weighted by Gasteiger charge is 2.10. The molecular weight excluding hydrogens is 190 g/mol. The molecular formula is C12H19NO2. The molecule has 0 saturated heterocycles. The van der Waals surface area contributed by atoms with Gasteiger partial charge in [-0.25, -0.2) is 0 Å². The molecule has 0 saturated carbocycles. The van der Waals surface area contributed by atoms with Gasteiger partial charge in [0, 0.05) is 0 Å².